The lowest BCUT2D eigenvalue weighted by molar-refractivity contribution is 0.313. The first-order chi connectivity index (χ1) is 5.71. The van der Waals surface area contributed by atoms with Gasteiger partial charge in [-0.05, 0) is 12.5 Å². The van der Waals surface area contributed by atoms with Crippen molar-refractivity contribution in [2.24, 2.45) is 4.99 Å². The monoisotopic (exact) mass is 187 g/mol. The van der Waals surface area contributed by atoms with Crippen LogP contribution in [0.15, 0.2) is 28.4 Å². The lowest BCUT2D eigenvalue weighted by atomic mass is 10.2. The molecule has 0 rings (SSSR count). The molecule has 0 fully saturated rings. The zero-order chi connectivity index (χ0) is 9.56. The molecule has 0 aliphatic heterocycles. The van der Waals surface area contributed by atoms with Gasteiger partial charge in [0.05, 0.1) is 17.9 Å². The summed E-state index contributed by atoms with van der Waals surface area (Å²) in [6.45, 7) is 5.55. The maximum atomic E-state index is 5.84. The number of halogens is 1. The Hall–Kier alpha value is -0.760. The molecule has 0 N–H and O–H groups in total. The van der Waals surface area contributed by atoms with Crippen LogP contribution in [0.1, 0.15) is 13.3 Å². The van der Waals surface area contributed by atoms with E-state index in [1.807, 2.05) is 6.92 Å². The van der Waals surface area contributed by atoms with Gasteiger partial charge in [0.1, 0.15) is 0 Å². The Morgan fingerprint density at radius 2 is 2.25 bits per heavy atom. The zero-order valence-electron chi connectivity index (χ0n) is 7.72. The molecule has 12 heavy (non-hydrogen) atoms. The highest BCUT2D eigenvalue weighted by molar-refractivity contribution is 6.33. The van der Waals surface area contributed by atoms with Crippen LogP contribution in [0.2, 0.25) is 0 Å². The molecule has 2 nitrogen and oxygen atoms in total. The van der Waals surface area contributed by atoms with Crippen LogP contribution in [-0.2, 0) is 4.74 Å². The second-order valence-corrected chi connectivity index (χ2v) is 2.52. The minimum Gasteiger partial charge on any atom is -0.493 e. The summed E-state index contributed by atoms with van der Waals surface area (Å²) >= 11 is 5.84. The average Bonchev–Trinajstić information content (AvgIpc) is 2.12. The molecule has 3 heteroatoms. The Morgan fingerprint density at radius 1 is 1.67 bits per heavy atom. The number of methoxy groups -OCH3 is 1. The van der Waals surface area contributed by atoms with Crippen LogP contribution in [0.5, 0.6) is 0 Å². The van der Waals surface area contributed by atoms with Crippen LogP contribution < -0.4 is 0 Å². The third-order valence-corrected chi connectivity index (χ3v) is 1.79. The molecule has 0 spiro atoms. The van der Waals surface area contributed by atoms with Gasteiger partial charge in [-0.25, -0.2) is 0 Å². The molecule has 0 amide bonds. The van der Waals surface area contributed by atoms with Crippen LogP contribution in [0, 0.1) is 0 Å². The molecule has 0 aliphatic rings. The van der Waals surface area contributed by atoms with Crippen molar-refractivity contribution in [2.75, 3.05) is 14.2 Å². The molecule has 0 unspecified atom stereocenters. The average molecular weight is 188 g/mol. The first-order valence-electron chi connectivity index (χ1n) is 3.73. The second kappa shape index (κ2) is 5.84. The highest BCUT2D eigenvalue weighted by Crippen LogP contribution is 2.14. The topological polar surface area (TPSA) is 21.6 Å². The first-order valence-corrected chi connectivity index (χ1v) is 4.11. The van der Waals surface area contributed by atoms with E-state index in [9.17, 15) is 0 Å². The fourth-order valence-electron chi connectivity index (χ4n) is 0.866. The highest BCUT2D eigenvalue weighted by Gasteiger charge is 2.07. The summed E-state index contributed by atoms with van der Waals surface area (Å²) in [7, 11) is 3.28. The molecular weight excluding hydrogens is 174 g/mol. The molecule has 0 bridgehead atoms. The molecule has 0 aliphatic carbocycles. The fourth-order valence-corrected chi connectivity index (χ4v) is 1.05. The largest absolute Gasteiger partial charge is 0.493 e. The Labute approximate surface area is 78.6 Å². The van der Waals surface area contributed by atoms with Crippen molar-refractivity contribution in [3.8, 4) is 0 Å². The molecular formula is C9H14ClNO. The van der Waals surface area contributed by atoms with E-state index in [-0.39, 0.29) is 0 Å². The van der Waals surface area contributed by atoms with Crippen molar-refractivity contribution in [1.82, 2.24) is 0 Å². The van der Waals surface area contributed by atoms with Gasteiger partial charge in [-0.1, -0.05) is 25.1 Å². The van der Waals surface area contributed by atoms with Crippen molar-refractivity contribution in [3.05, 3.63) is 23.4 Å². The van der Waals surface area contributed by atoms with E-state index in [1.54, 1.807) is 20.2 Å². The van der Waals surface area contributed by atoms with E-state index < -0.39 is 0 Å². The molecule has 0 aromatic carbocycles. The van der Waals surface area contributed by atoms with Gasteiger partial charge in [0.2, 0.25) is 0 Å². The first kappa shape index (κ1) is 11.2. The number of ether oxygens (including phenoxy) is 1. The van der Waals surface area contributed by atoms with Gasteiger partial charge < -0.3 is 4.74 Å². The number of hydrogen-bond acceptors (Lipinski definition) is 2. The van der Waals surface area contributed by atoms with Crippen LogP contribution >= 0.6 is 11.6 Å². The molecule has 0 aromatic rings. The van der Waals surface area contributed by atoms with E-state index in [0.717, 1.165) is 12.1 Å². The molecule has 68 valence electrons. The quantitative estimate of drug-likeness (QED) is 0.377. The SMILES string of the molecule is C=C/C(Cl)=C(/OC)C(CC)=NC. The third kappa shape index (κ3) is 2.70. The van der Waals surface area contributed by atoms with E-state index >= 15 is 0 Å². The minimum absolute atomic E-state index is 0.500. The fraction of sp³-hybridized carbons (Fsp3) is 0.444. The molecule has 0 radical (unpaired) electrons. The Bertz CT molecular complexity index is 219. The number of nitrogens with zero attached hydrogens (tertiary/aromatic N) is 1. The van der Waals surface area contributed by atoms with Crippen LogP contribution in [-0.4, -0.2) is 19.9 Å². The van der Waals surface area contributed by atoms with Crippen molar-refractivity contribution in [2.45, 2.75) is 13.3 Å². The Kier molecular flexibility index (Phi) is 5.47. The van der Waals surface area contributed by atoms with Crippen LogP contribution in [0.4, 0.5) is 0 Å². The van der Waals surface area contributed by atoms with Crippen molar-refractivity contribution >= 4 is 17.3 Å². The van der Waals surface area contributed by atoms with E-state index in [2.05, 4.69) is 11.6 Å². The number of rotatable bonds is 4. The van der Waals surface area contributed by atoms with Gasteiger partial charge in [0, 0.05) is 7.05 Å². The molecule has 0 saturated carbocycles. The molecule has 0 aromatic heterocycles. The smallest absolute Gasteiger partial charge is 0.158 e. The minimum atomic E-state index is 0.500. The van der Waals surface area contributed by atoms with E-state index in [4.69, 9.17) is 16.3 Å². The summed E-state index contributed by atoms with van der Waals surface area (Å²) in [4.78, 5) is 4.05. The van der Waals surface area contributed by atoms with Gasteiger partial charge in [0.25, 0.3) is 0 Å². The van der Waals surface area contributed by atoms with Gasteiger partial charge in [-0.15, -0.1) is 0 Å². The van der Waals surface area contributed by atoms with Gasteiger partial charge in [-0.3, -0.25) is 4.99 Å². The van der Waals surface area contributed by atoms with Crippen molar-refractivity contribution in [1.29, 1.82) is 0 Å². The summed E-state index contributed by atoms with van der Waals surface area (Å²) in [5, 5.41) is 0.500. The van der Waals surface area contributed by atoms with Crippen molar-refractivity contribution < 1.29 is 4.74 Å². The lowest BCUT2D eigenvalue weighted by Gasteiger charge is -2.07. The third-order valence-electron chi connectivity index (χ3n) is 1.47. The summed E-state index contributed by atoms with van der Waals surface area (Å²) in [5.41, 5.74) is 0.849. The lowest BCUT2D eigenvalue weighted by Crippen LogP contribution is -2.04. The number of aliphatic imine (C=N–C) groups is 1. The summed E-state index contributed by atoms with van der Waals surface area (Å²) in [6.07, 6.45) is 2.34. The van der Waals surface area contributed by atoms with E-state index in [0.29, 0.717) is 10.8 Å². The molecule has 0 atom stereocenters. The normalized spacial score (nSPS) is 13.8. The van der Waals surface area contributed by atoms with E-state index in [1.165, 1.54) is 0 Å². The summed E-state index contributed by atoms with van der Waals surface area (Å²) < 4.78 is 5.09. The highest BCUT2D eigenvalue weighted by atomic mass is 35.5. The number of allylic oxidation sites excluding steroid dienone is 3. The van der Waals surface area contributed by atoms with Crippen LogP contribution in [0.25, 0.3) is 0 Å². The molecule has 0 saturated heterocycles. The second-order valence-electron chi connectivity index (χ2n) is 2.11. The van der Waals surface area contributed by atoms with Gasteiger partial charge in [-0.2, -0.15) is 0 Å². The van der Waals surface area contributed by atoms with Crippen molar-refractivity contribution in [3.63, 3.8) is 0 Å². The maximum Gasteiger partial charge on any atom is 0.158 e. The Balaban J connectivity index is 4.89. The predicted octanol–water partition coefficient (Wildman–Crippen LogP) is 2.75. The summed E-state index contributed by atoms with van der Waals surface area (Å²) in [5.74, 6) is 0.608. The Morgan fingerprint density at radius 3 is 2.50 bits per heavy atom. The molecule has 0 heterocycles. The zero-order valence-corrected chi connectivity index (χ0v) is 8.48. The maximum absolute atomic E-state index is 5.84. The van der Waals surface area contributed by atoms with Crippen LogP contribution in [0.3, 0.4) is 0 Å². The standard InChI is InChI=1S/C9H14ClNO/c1-5-7(10)9(12-4)8(6-2)11-3/h5H,1,6H2,2-4H3/b9-7-,11-8?. The van der Waals surface area contributed by atoms with Gasteiger partial charge in [0.15, 0.2) is 5.76 Å². The number of hydrogen-bond donors (Lipinski definition) is 0. The predicted molar refractivity (Wildman–Crippen MR) is 53.7 cm³/mol. The van der Waals surface area contributed by atoms with Gasteiger partial charge >= 0.3 is 0 Å². The summed E-state index contributed by atoms with van der Waals surface area (Å²) in [6, 6.07) is 0.